The van der Waals surface area contributed by atoms with Gasteiger partial charge in [-0.25, -0.2) is 0 Å². The summed E-state index contributed by atoms with van der Waals surface area (Å²) in [5.41, 5.74) is 0. The quantitative estimate of drug-likeness (QED) is 0.808. The summed E-state index contributed by atoms with van der Waals surface area (Å²) >= 11 is 11.2. The van der Waals surface area contributed by atoms with Gasteiger partial charge in [0.05, 0.1) is 0 Å². The largest absolute Gasteiger partial charge is 0.448 e. The molecule has 1 atom stereocenters. The number of hydrogen-bond donors (Lipinski definition) is 1. The lowest BCUT2D eigenvalue weighted by Gasteiger charge is -2.14. The molecule has 5 heteroatoms. The Balaban J connectivity index is 2.30. The van der Waals surface area contributed by atoms with Crippen molar-refractivity contribution in [2.24, 2.45) is 0 Å². The zero-order valence-electron chi connectivity index (χ0n) is 10.3. The molecular formula is C13H15BrClNOS. The van der Waals surface area contributed by atoms with Crippen LogP contribution in [0.4, 0.5) is 0 Å². The van der Waals surface area contributed by atoms with Gasteiger partial charge < -0.3 is 9.73 Å². The van der Waals surface area contributed by atoms with E-state index >= 15 is 0 Å². The highest BCUT2D eigenvalue weighted by molar-refractivity contribution is 9.10. The number of nitrogens with one attached hydrogen (secondary N) is 1. The highest BCUT2D eigenvalue weighted by atomic mass is 79.9. The molecule has 0 aliphatic heterocycles. The highest BCUT2D eigenvalue weighted by Gasteiger charge is 2.20. The molecule has 1 N–H and O–H groups in total. The average molecular weight is 349 g/mol. The van der Waals surface area contributed by atoms with Gasteiger partial charge in [0.1, 0.15) is 11.8 Å². The molecule has 2 aromatic heterocycles. The summed E-state index contributed by atoms with van der Waals surface area (Å²) in [6.07, 6.45) is 1.08. The maximum absolute atomic E-state index is 5.86. The molecule has 0 bridgehead atoms. The zero-order chi connectivity index (χ0) is 13.1. The van der Waals surface area contributed by atoms with Crippen molar-refractivity contribution in [1.29, 1.82) is 0 Å². The van der Waals surface area contributed by atoms with E-state index in [1.54, 1.807) is 17.4 Å². The van der Waals surface area contributed by atoms with E-state index in [1.807, 2.05) is 6.07 Å². The lowest BCUT2D eigenvalue weighted by molar-refractivity contribution is 0.451. The molecule has 0 amide bonds. The summed E-state index contributed by atoms with van der Waals surface area (Å²) < 4.78 is 6.68. The first kappa shape index (κ1) is 14.1. The van der Waals surface area contributed by atoms with Crippen molar-refractivity contribution in [2.45, 2.75) is 26.3 Å². The monoisotopic (exact) mass is 347 g/mol. The molecule has 1 unspecified atom stereocenters. The minimum atomic E-state index is 0.0763. The maximum atomic E-state index is 5.86. The Kier molecular flexibility index (Phi) is 4.90. The van der Waals surface area contributed by atoms with Gasteiger partial charge in [-0.15, -0.1) is 11.3 Å². The molecule has 0 aliphatic carbocycles. The third-order valence-corrected chi connectivity index (χ3v) is 5.04. The third kappa shape index (κ3) is 3.18. The van der Waals surface area contributed by atoms with Crippen molar-refractivity contribution < 1.29 is 4.42 Å². The molecule has 0 radical (unpaired) electrons. The van der Waals surface area contributed by atoms with Crippen molar-refractivity contribution >= 4 is 38.9 Å². The lowest BCUT2D eigenvalue weighted by Crippen LogP contribution is -2.21. The molecule has 2 rings (SSSR count). The molecule has 2 nitrogen and oxygen atoms in total. The first-order valence-corrected chi connectivity index (χ1v) is 7.85. The van der Waals surface area contributed by atoms with Crippen LogP contribution in [0.25, 0.3) is 0 Å². The normalized spacial score (nSPS) is 12.9. The maximum Gasteiger partial charge on any atom is 0.193 e. The summed E-state index contributed by atoms with van der Waals surface area (Å²) in [6, 6.07) is 5.93. The molecule has 2 aromatic rings. The van der Waals surface area contributed by atoms with E-state index in [0.29, 0.717) is 5.22 Å². The minimum Gasteiger partial charge on any atom is -0.448 e. The molecule has 0 spiro atoms. The predicted octanol–water partition coefficient (Wildman–Crippen LogP) is 5.15. The van der Waals surface area contributed by atoms with Gasteiger partial charge in [0.25, 0.3) is 0 Å². The smallest absolute Gasteiger partial charge is 0.193 e. The summed E-state index contributed by atoms with van der Waals surface area (Å²) in [5, 5.41) is 3.92. The van der Waals surface area contributed by atoms with Gasteiger partial charge in [-0.05, 0) is 65.6 Å². The molecule has 0 aromatic carbocycles. The van der Waals surface area contributed by atoms with Crippen LogP contribution < -0.4 is 5.32 Å². The molecule has 0 fully saturated rings. The van der Waals surface area contributed by atoms with Gasteiger partial charge >= 0.3 is 0 Å². The van der Waals surface area contributed by atoms with Crippen LogP contribution in [0.3, 0.4) is 0 Å². The van der Waals surface area contributed by atoms with Crippen molar-refractivity contribution in [3.63, 3.8) is 0 Å². The van der Waals surface area contributed by atoms with Gasteiger partial charge in [-0.3, -0.25) is 0 Å². The Hall–Kier alpha value is -0.290. The molecule has 0 saturated heterocycles. The molecule has 2 heterocycles. The van der Waals surface area contributed by atoms with E-state index in [0.717, 1.165) is 23.2 Å². The second-order valence-electron chi connectivity index (χ2n) is 4.08. The Morgan fingerprint density at radius 3 is 2.78 bits per heavy atom. The number of rotatable bonds is 5. The zero-order valence-corrected chi connectivity index (χ0v) is 13.5. The van der Waals surface area contributed by atoms with Crippen molar-refractivity contribution in [3.8, 4) is 0 Å². The summed E-state index contributed by atoms with van der Waals surface area (Å²) in [6.45, 7) is 5.19. The predicted molar refractivity (Wildman–Crippen MR) is 80.6 cm³/mol. The van der Waals surface area contributed by atoms with E-state index in [-0.39, 0.29) is 6.04 Å². The first-order valence-electron chi connectivity index (χ1n) is 5.86. The molecular weight excluding hydrogens is 334 g/mol. The molecule has 18 heavy (non-hydrogen) atoms. The fourth-order valence-electron chi connectivity index (χ4n) is 1.74. The Morgan fingerprint density at radius 1 is 1.50 bits per heavy atom. The van der Waals surface area contributed by atoms with E-state index in [4.69, 9.17) is 16.0 Å². The van der Waals surface area contributed by atoms with Gasteiger partial charge in [0, 0.05) is 14.2 Å². The van der Waals surface area contributed by atoms with Crippen LogP contribution in [0.2, 0.25) is 5.22 Å². The van der Waals surface area contributed by atoms with Crippen LogP contribution in [0.15, 0.2) is 27.1 Å². The highest BCUT2D eigenvalue weighted by Crippen LogP contribution is 2.34. The number of halogens is 2. The molecule has 98 valence electrons. The summed E-state index contributed by atoms with van der Waals surface area (Å²) in [7, 11) is 0. The van der Waals surface area contributed by atoms with Gasteiger partial charge in [-0.1, -0.05) is 6.92 Å². The second kappa shape index (κ2) is 6.24. The van der Waals surface area contributed by atoms with E-state index < -0.39 is 0 Å². The average Bonchev–Trinajstić information content (AvgIpc) is 2.88. The molecule has 0 aliphatic rings. The number of hydrogen-bond acceptors (Lipinski definition) is 3. The SMILES string of the molecule is CCCNC(c1ccc(Cl)o1)c1cc(Br)c(C)s1. The summed E-state index contributed by atoms with van der Waals surface area (Å²) in [4.78, 5) is 2.50. The van der Waals surface area contributed by atoms with Crippen LogP contribution in [0.5, 0.6) is 0 Å². The number of thiophene rings is 1. The topological polar surface area (TPSA) is 25.2 Å². The van der Waals surface area contributed by atoms with Crippen molar-refractivity contribution in [1.82, 2.24) is 5.32 Å². The fourth-order valence-corrected chi connectivity index (χ4v) is 3.53. The van der Waals surface area contributed by atoms with E-state index in [2.05, 4.69) is 41.2 Å². The number of aryl methyl sites for hydroxylation is 1. The Morgan fingerprint density at radius 2 is 2.28 bits per heavy atom. The Labute approximate surface area is 124 Å². The van der Waals surface area contributed by atoms with E-state index in [9.17, 15) is 0 Å². The standard InChI is InChI=1S/C13H15BrClNOS/c1-3-6-16-13(10-4-5-12(15)17-10)11-7-9(14)8(2)18-11/h4-5,7,13,16H,3,6H2,1-2H3. The fraction of sp³-hybridized carbons (Fsp3) is 0.385. The van der Waals surface area contributed by atoms with Gasteiger partial charge in [-0.2, -0.15) is 0 Å². The second-order valence-corrected chi connectivity index (χ2v) is 6.60. The third-order valence-electron chi connectivity index (χ3n) is 2.64. The first-order chi connectivity index (χ1) is 8.61. The minimum absolute atomic E-state index is 0.0763. The lowest BCUT2D eigenvalue weighted by atomic mass is 10.2. The van der Waals surface area contributed by atoms with Crippen molar-refractivity contribution in [2.75, 3.05) is 6.54 Å². The molecule has 0 saturated carbocycles. The van der Waals surface area contributed by atoms with Crippen molar-refractivity contribution in [3.05, 3.63) is 43.4 Å². The van der Waals surface area contributed by atoms with Crippen LogP contribution in [-0.4, -0.2) is 6.54 Å². The number of furan rings is 1. The summed E-state index contributed by atoms with van der Waals surface area (Å²) in [5.74, 6) is 0.863. The van der Waals surface area contributed by atoms with Crippen LogP contribution in [0, 0.1) is 6.92 Å². The van der Waals surface area contributed by atoms with E-state index in [1.165, 1.54) is 9.75 Å². The van der Waals surface area contributed by atoms with Crippen LogP contribution in [-0.2, 0) is 0 Å². The van der Waals surface area contributed by atoms with Gasteiger partial charge in [0.15, 0.2) is 5.22 Å². The Bertz CT molecular complexity index is 503. The van der Waals surface area contributed by atoms with Crippen LogP contribution >= 0.6 is 38.9 Å². The van der Waals surface area contributed by atoms with Crippen LogP contribution in [0.1, 0.15) is 34.9 Å². The van der Waals surface area contributed by atoms with Gasteiger partial charge in [0.2, 0.25) is 0 Å².